The molecule has 190 valence electrons. The summed E-state index contributed by atoms with van der Waals surface area (Å²) in [5.74, 6) is -0.545. The quantitative estimate of drug-likeness (QED) is 0.457. The summed E-state index contributed by atoms with van der Waals surface area (Å²) in [6.45, 7) is 3.68. The van der Waals surface area contributed by atoms with Crippen molar-refractivity contribution in [1.29, 1.82) is 5.26 Å². The summed E-state index contributed by atoms with van der Waals surface area (Å²) in [7, 11) is 1.76. The summed E-state index contributed by atoms with van der Waals surface area (Å²) in [5, 5.41) is 31.0. The minimum atomic E-state index is -0.557. The number of ether oxygens (including phenoxy) is 2. The Balaban J connectivity index is 1.84. The third kappa shape index (κ3) is 5.01. The fourth-order valence-electron chi connectivity index (χ4n) is 4.90. The fraction of sp³-hybridized carbons (Fsp3) is 0.407. The number of aromatic hydroxyl groups is 1. The molecule has 1 unspecified atom stereocenters. The van der Waals surface area contributed by atoms with E-state index in [0.717, 1.165) is 19.4 Å². The number of aryl methyl sites for hydroxylation is 1. The van der Waals surface area contributed by atoms with Gasteiger partial charge in [0.25, 0.3) is 0 Å². The molecule has 2 N–H and O–H groups in total. The number of rotatable bonds is 8. The number of aromatic nitrogens is 1. The molecule has 1 atom stereocenters. The van der Waals surface area contributed by atoms with Crippen LogP contribution in [0.1, 0.15) is 46.9 Å². The average molecular weight is 496 g/mol. The molecule has 2 aromatic carbocycles. The van der Waals surface area contributed by atoms with Crippen molar-refractivity contribution in [1.82, 2.24) is 9.47 Å². The second-order valence-corrected chi connectivity index (χ2v) is 9.03. The Labute approximate surface area is 209 Å². The van der Waals surface area contributed by atoms with Crippen molar-refractivity contribution in [3.63, 3.8) is 0 Å². The van der Waals surface area contributed by atoms with Crippen LogP contribution in [0.2, 0.25) is 0 Å². The molecular weight excluding hydrogens is 465 g/mol. The first kappa shape index (κ1) is 25.5. The normalized spacial score (nSPS) is 16.1. The third-order valence-corrected chi connectivity index (χ3v) is 6.72. The molecular formula is C27H30FN3O5. The number of carbonyl (C=O) groups is 1. The number of halogens is 1. The van der Waals surface area contributed by atoms with Crippen LogP contribution in [-0.2, 0) is 24.9 Å². The van der Waals surface area contributed by atoms with E-state index in [1.165, 1.54) is 24.3 Å². The Morgan fingerprint density at radius 1 is 1.31 bits per heavy atom. The topological polar surface area (TPSA) is 108 Å². The molecule has 0 aliphatic carbocycles. The van der Waals surface area contributed by atoms with Crippen molar-refractivity contribution in [3.8, 4) is 17.6 Å². The molecule has 1 saturated heterocycles. The van der Waals surface area contributed by atoms with Gasteiger partial charge in [0.15, 0.2) is 0 Å². The van der Waals surface area contributed by atoms with Crippen molar-refractivity contribution >= 4 is 16.9 Å². The van der Waals surface area contributed by atoms with Gasteiger partial charge in [-0.2, -0.15) is 5.26 Å². The zero-order valence-electron chi connectivity index (χ0n) is 20.5. The average Bonchev–Trinajstić information content (AvgIpc) is 3.16. The molecule has 1 aliphatic heterocycles. The third-order valence-electron chi connectivity index (χ3n) is 6.72. The monoisotopic (exact) mass is 495 g/mol. The minimum absolute atomic E-state index is 0.0106. The van der Waals surface area contributed by atoms with E-state index in [1.807, 2.05) is 0 Å². The zero-order valence-corrected chi connectivity index (χ0v) is 20.5. The Kier molecular flexibility index (Phi) is 7.77. The van der Waals surface area contributed by atoms with Gasteiger partial charge in [0.1, 0.15) is 30.0 Å². The van der Waals surface area contributed by atoms with E-state index in [-0.39, 0.29) is 48.4 Å². The molecule has 1 fully saturated rings. The van der Waals surface area contributed by atoms with Crippen molar-refractivity contribution in [3.05, 3.63) is 58.5 Å². The Morgan fingerprint density at radius 3 is 2.72 bits per heavy atom. The first-order chi connectivity index (χ1) is 17.4. The summed E-state index contributed by atoms with van der Waals surface area (Å²) < 4.78 is 26.3. The summed E-state index contributed by atoms with van der Waals surface area (Å²) in [6, 6.07) is 9.19. The molecule has 0 saturated carbocycles. The maximum absolute atomic E-state index is 13.3. The van der Waals surface area contributed by atoms with E-state index < -0.39 is 5.97 Å². The van der Waals surface area contributed by atoms with Crippen LogP contribution >= 0.6 is 0 Å². The summed E-state index contributed by atoms with van der Waals surface area (Å²) >= 11 is 0. The molecule has 36 heavy (non-hydrogen) atoms. The molecule has 4 rings (SSSR count). The number of hydrogen-bond donors (Lipinski definition) is 2. The highest BCUT2D eigenvalue weighted by atomic mass is 19.1. The fourth-order valence-corrected chi connectivity index (χ4v) is 4.90. The van der Waals surface area contributed by atoms with Crippen LogP contribution in [0.25, 0.3) is 10.9 Å². The number of carbonyl (C=O) groups excluding carboxylic acids is 1. The van der Waals surface area contributed by atoms with E-state index in [4.69, 9.17) is 9.47 Å². The van der Waals surface area contributed by atoms with Crippen LogP contribution < -0.4 is 4.74 Å². The highest BCUT2D eigenvalue weighted by Gasteiger charge is 2.29. The maximum atomic E-state index is 13.3. The van der Waals surface area contributed by atoms with Gasteiger partial charge in [0.05, 0.1) is 28.9 Å². The molecule has 8 nitrogen and oxygen atoms in total. The smallest absolute Gasteiger partial charge is 0.340 e. The molecule has 9 heteroatoms. The Bertz CT molecular complexity index is 1300. The predicted octanol–water partition coefficient (Wildman–Crippen LogP) is 3.85. The van der Waals surface area contributed by atoms with Gasteiger partial charge in [-0.05, 0) is 62.6 Å². The molecule has 0 bridgehead atoms. The standard InChI is InChI=1S/C27H30FN3O5/c1-3-35-27(34)25-23(16-36-20-8-6-19(28)7-9-20)30(2)22-11-18(12-29)26(33)21(24(22)25)14-31-10-4-5-17(13-31)15-32/h6-9,11,17,32-33H,3-5,10,13-16H2,1-2H3. The first-order valence-electron chi connectivity index (χ1n) is 12.0. The van der Waals surface area contributed by atoms with Gasteiger partial charge < -0.3 is 24.3 Å². The first-order valence-corrected chi connectivity index (χ1v) is 12.0. The van der Waals surface area contributed by atoms with Crippen LogP contribution in [0.3, 0.4) is 0 Å². The lowest BCUT2D eigenvalue weighted by Gasteiger charge is -2.32. The van der Waals surface area contributed by atoms with Crippen molar-refractivity contribution in [2.75, 3.05) is 26.3 Å². The van der Waals surface area contributed by atoms with Crippen molar-refractivity contribution in [2.24, 2.45) is 13.0 Å². The minimum Gasteiger partial charge on any atom is -0.506 e. The van der Waals surface area contributed by atoms with Gasteiger partial charge in [-0.15, -0.1) is 0 Å². The van der Waals surface area contributed by atoms with Crippen LogP contribution in [-0.4, -0.2) is 52.0 Å². The van der Waals surface area contributed by atoms with E-state index in [1.54, 1.807) is 24.6 Å². The summed E-state index contributed by atoms with van der Waals surface area (Å²) in [5.41, 5.74) is 1.94. The van der Waals surface area contributed by atoms with Gasteiger partial charge in [-0.1, -0.05) is 0 Å². The van der Waals surface area contributed by atoms with Gasteiger partial charge in [0.2, 0.25) is 0 Å². The van der Waals surface area contributed by atoms with Crippen LogP contribution in [0, 0.1) is 23.1 Å². The molecule has 1 aromatic heterocycles. The SMILES string of the molecule is CCOC(=O)c1c(COc2ccc(F)cc2)n(C)c2cc(C#N)c(O)c(CN3CCCC(CO)C3)c12. The number of likely N-dealkylation sites (tertiary alicyclic amines) is 1. The number of esters is 1. The molecule has 0 spiro atoms. The van der Waals surface area contributed by atoms with Crippen molar-refractivity contribution < 1.29 is 28.9 Å². The number of nitrogens with zero attached hydrogens (tertiary/aromatic N) is 3. The second-order valence-electron chi connectivity index (χ2n) is 9.03. The number of phenols is 1. The lowest BCUT2D eigenvalue weighted by atomic mass is 9.96. The van der Waals surface area contributed by atoms with E-state index >= 15 is 0 Å². The zero-order chi connectivity index (χ0) is 25.8. The molecule has 0 radical (unpaired) electrons. The van der Waals surface area contributed by atoms with Gasteiger partial charge >= 0.3 is 5.97 Å². The second kappa shape index (κ2) is 11.0. The number of phenolic OH excluding ortho intramolecular Hbond substituents is 1. The lowest BCUT2D eigenvalue weighted by molar-refractivity contribution is 0.0525. The highest BCUT2D eigenvalue weighted by Crippen LogP contribution is 2.38. The van der Waals surface area contributed by atoms with Gasteiger partial charge in [-0.25, -0.2) is 9.18 Å². The van der Waals surface area contributed by atoms with E-state index in [2.05, 4.69) is 11.0 Å². The Hall–Kier alpha value is -3.61. The molecule has 2 heterocycles. The number of benzene rings is 2. The number of nitriles is 1. The van der Waals surface area contributed by atoms with Crippen LogP contribution in [0.5, 0.6) is 11.5 Å². The lowest BCUT2D eigenvalue weighted by Crippen LogP contribution is -2.36. The summed E-state index contributed by atoms with van der Waals surface area (Å²) in [6.07, 6.45) is 1.83. The highest BCUT2D eigenvalue weighted by molar-refractivity contribution is 6.08. The maximum Gasteiger partial charge on any atom is 0.340 e. The molecule has 3 aromatic rings. The number of piperidine rings is 1. The van der Waals surface area contributed by atoms with Gasteiger partial charge in [-0.3, -0.25) is 4.90 Å². The molecule has 1 aliphatic rings. The summed E-state index contributed by atoms with van der Waals surface area (Å²) in [4.78, 5) is 15.3. The number of aliphatic hydroxyl groups excluding tert-OH is 1. The number of fused-ring (bicyclic) bond motifs is 1. The van der Waals surface area contributed by atoms with Crippen LogP contribution in [0.15, 0.2) is 30.3 Å². The Morgan fingerprint density at radius 2 is 2.06 bits per heavy atom. The van der Waals surface area contributed by atoms with Crippen LogP contribution in [0.4, 0.5) is 4.39 Å². The number of aliphatic hydroxyl groups is 1. The van der Waals surface area contributed by atoms with Crippen molar-refractivity contribution in [2.45, 2.75) is 32.9 Å². The van der Waals surface area contributed by atoms with Gasteiger partial charge in [0, 0.05) is 37.7 Å². The number of hydrogen-bond acceptors (Lipinski definition) is 7. The van der Waals surface area contributed by atoms with E-state index in [0.29, 0.717) is 41.0 Å². The largest absolute Gasteiger partial charge is 0.506 e. The predicted molar refractivity (Wildman–Crippen MR) is 131 cm³/mol. The molecule has 0 amide bonds. The van der Waals surface area contributed by atoms with E-state index in [9.17, 15) is 24.7 Å².